The second-order valence-electron chi connectivity index (χ2n) is 4.27. The molecule has 13 heavy (non-hydrogen) atoms. The highest BCUT2D eigenvalue weighted by atomic mass is 16.5. The van der Waals surface area contributed by atoms with Gasteiger partial charge in [0.15, 0.2) is 0 Å². The molecule has 0 aliphatic heterocycles. The van der Waals surface area contributed by atoms with Crippen LogP contribution in [0, 0.1) is 5.92 Å². The van der Waals surface area contributed by atoms with E-state index in [1.54, 1.807) is 7.11 Å². The van der Waals surface area contributed by atoms with Gasteiger partial charge >= 0.3 is 0 Å². The Morgan fingerprint density at radius 3 is 2.77 bits per heavy atom. The van der Waals surface area contributed by atoms with Gasteiger partial charge in [-0.15, -0.1) is 0 Å². The largest absolute Gasteiger partial charge is 0.387 e. The second kappa shape index (κ2) is 4.43. The third kappa shape index (κ3) is 2.05. The molecule has 0 aromatic heterocycles. The maximum Gasteiger partial charge on any atom is 0.0933 e. The van der Waals surface area contributed by atoms with E-state index in [4.69, 9.17) is 4.74 Å². The molecule has 78 valence electrons. The van der Waals surface area contributed by atoms with Gasteiger partial charge in [-0.2, -0.15) is 0 Å². The van der Waals surface area contributed by atoms with E-state index in [-0.39, 0.29) is 6.10 Å². The van der Waals surface area contributed by atoms with Crippen molar-refractivity contribution in [3.63, 3.8) is 0 Å². The van der Waals surface area contributed by atoms with Gasteiger partial charge in [-0.3, -0.25) is 0 Å². The van der Waals surface area contributed by atoms with Crippen LogP contribution >= 0.6 is 0 Å². The number of methoxy groups -OCH3 is 1. The minimum atomic E-state index is -0.568. The van der Waals surface area contributed by atoms with Gasteiger partial charge < -0.3 is 9.84 Å². The Labute approximate surface area is 81.3 Å². The van der Waals surface area contributed by atoms with E-state index >= 15 is 0 Å². The Balaban J connectivity index is 2.70. The summed E-state index contributed by atoms with van der Waals surface area (Å²) in [5, 5.41) is 10.5. The fraction of sp³-hybridized carbons (Fsp3) is 1.00. The fourth-order valence-corrected chi connectivity index (χ4v) is 2.39. The van der Waals surface area contributed by atoms with Crippen LogP contribution < -0.4 is 0 Å². The predicted octanol–water partition coefficient (Wildman–Crippen LogP) is 2.35. The third-order valence-electron chi connectivity index (χ3n) is 3.60. The van der Waals surface area contributed by atoms with Crippen LogP contribution in [0.25, 0.3) is 0 Å². The highest BCUT2D eigenvalue weighted by Gasteiger charge is 2.42. The molecule has 1 aliphatic carbocycles. The summed E-state index contributed by atoms with van der Waals surface area (Å²) >= 11 is 0. The van der Waals surface area contributed by atoms with Gasteiger partial charge in [0, 0.05) is 7.11 Å². The molecule has 0 radical (unpaired) electrons. The molecule has 2 nitrogen and oxygen atoms in total. The molecule has 0 heterocycles. The molecule has 2 heteroatoms. The topological polar surface area (TPSA) is 29.5 Å². The van der Waals surface area contributed by atoms with Gasteiger partial charge in [-0.05, 0) is 18.8 Å². The van der Waals surface area contributed by atoms with E-state index in [1.807, 2.05) is 0 Å². The molecule has 0 aromatic carbocycles. The van der Waals surface area contributed by atoms with Crippen LogP contribution in [0.2, 0.25) is 0 Å². The summed E-state index contributed by atoms with van der Waals surface area (Å²) in [6.45, 7) is 4.25. The first-order valence-electron chi connectivity index (χ1n) is 5.40. The highest BCUT2D eigenvalue weighted by Crippen LogP contribution is 2.37. The van der Waals surface area contributed by atoms with Gasteiger partial charge in [0.25, 0.3) is 0 Å². The van der Waals surface area contributed by atoms with Crippen molar-refractivity contribution in [2.75, 3.05) is 7.11 Å². The average Bonchev–Trinajstić information content (AvgIpc) is 2.17. The molecule has 1 rings (SSSR count). The lowest BCUT2D eigenvalue weighted by atomic mass is 9.73. The smallest absolute Gasteiger partial charge is 0.0933 e. The van der Waals surface area contributed by atoms with E-state index in [1.165, 1.54) is 6.42 Å². The molecule has 1 fully saturated rings. The standard InChI is InChI=1S/C11H22O2/c1-4-9(2)11(12)8-6-5-7-10(11)13-3/h9-10,12H,4-8H2,1-3H3. The van der Waals surface area contributed by atoms with E-state index in [0.29, 0.717) is 5.92 Å². The Morgan fingerprint density at radius 2 is 2.23 bits per heavy atom. The number of aliphatic hydroxyl groups is 1. The monoisotopic (exact) mass is 186 g/mol. The quantitative estimate of drug-likeness (QED) is 0.733. The molecule has 3 atom stereocenters. The number of hydrogen-bond acceptors (Lipinski definition) is 2. The van der Waals surface area contributed by atoms with Crippen molar-refractivity contribution < 1.29 is 9.84 Å². The van der Waals surface area contributed by atoms with Crippen molar-refractivity contribution in [2.45, 2.75) is 57.7 Å². The van der Waals surface area contributed by atoms with E-state index in [0.717, 1.165) is 25.7 Å². The van der Waals surface area contributed by atoms with Crippen molar-refractivity contribution in [2.24, 2.45) is 5.92 Å². The molecule has 0 amide bonds. The van der Waals surface area contributed by atoms with Gasteiger partial charge in [0.2, 0.25) is 0 Å². The number of ether oxygens (including phenoxy) is 1. The molecule has 3 unspecified atom stereocenters. The first-order valence-corrected chi connectivity index (χ1v) is 5.40. The Bertz CT molecular complexity index is 158. The average molecular weight is 186 g/mol. The summed E-state index contributed by atoms with van der Waals surface area (Å²) in [5.74, 6) is 0.345. The zero-order chi connectivity index (χ0) is 9.90. The highest BCUT2D eigenvalue weighted by molar-refractivity contribution is 4.94. The van der Waals surface area contributed by atoms with Crippen LogP contribution in [0.3, 0.4) is 0 Å². The summed E-state index contributed by atoms with van der Waals surface area (Å²) in [4.78, 5) is 0. The van der Waals surface area contributed by atoms with E-state index in [9.17, 15) is 5.11 Å². The molecule has 1 aliphatic rings. The van der Waals surface area contributed by atoms with Crippen LogP contribution in [-0.4, -0.2) is 23.9 Å². The summed E-state index contributed by atoms with van der Waals surface area (Å²) in [7, 11) is 1.71. The number of rotatable bonds is 3. The molecule has 1 saturated carbocycles. The third-order valence-corrected chi connectivity index (χ3v) is 3.60. The SMILES string of the molecule is CCC(C)C1(O)CCCCC1OC. The minimum Gasteiger partial charge on any atom is -0.387 e. The van der Waals surface area contributed by atoms with E-state index in [2.05, 4.69) is 13.8 Å². The van der Waals surface area contributed by atoms with Crippen LogP contribution in [0.4, 0.5) is 0 Å². The zero-order valence-electron chi connectivity index (χ0n) is 9.05. The normalized spacial score (nSPS) is 37.4. The van der Waals surface area contributed by atoms with Crippen molar-refractivity contribution in [3.05, 3.63) is 0 Å². The molecular formula is C11H22O2. The van der Waals surface area contributed by atoms with E-state index < -0.39 is 5.60 Å². The van der Waals surface area contributed by atoms with Gasteiger partial charge in [-0.1, -0.05) is 33.1 Å². The summed E-state index contributed by atoms with van der Waals surface area (Å²) in [5.41, 5.74) is -0.568. The van der Waals surface area contributed by atoms with Crippen molar-refractivity contribution in [3.8, 4) is 0 Å². The summed E-state index contributed by atoms with van der Waals surface area (Å²) in [6.07, 6.45) is 5.32. The maximum atomic E-state index is 10.5. The Hall–Kier alpha value is -0.0800. The van der Waals surface area contributed by atoms with Crippen LogP contribution in [0.1, 0.15) is 46.0 Å². The zero-order valence-corrected chi connectivity index (χ0v) is 9.05. The second-order valence-corrected chi connectivity index (χ2v) is 4.27. The van der Waals surface area contributed by atoms with Crippen molar-refractivity contribution in [1.29, 1.82) is 0 Å². The van der Waals surface area contributed by atoms with Crippen molar-refractivity contribution in [1.82, 2.24) is 0 Å². The predicted molar refractivity (Wildman–Crippen MR) is 53.7 cm³/mol. The van der Waals surface area contributed by atoms with Crippen LogP contribution in [-0.2, 0) is 4.74 Å². The van der Waals surface area contributed by atoms with Crippen LogP contribution in [0.15, 0.2) is 0 Å². The van der Waals surface area contributed by atoms with Gasteiger partial charge in [0.05, 0.1) is 11.7 Å². The lowest BCUT2D eigenvalue weighted by molar-refractivity contribution is -0.146. The lowest BCUT2D eigenvalue weighted by Crippen LogP contribution is -2.50. The minimum absolute atomic E-state index is 0.0520. The lowest BCUT2D eigenvalue weighted by Gasteiger charge is -2.43. The van der Waals surface area contributed by atoms with Crippen LogP contribution in [0.5, 0.6) is 0 Å². The first kappa shape index (κ1) is 11.0. The molecular weight excluding hydrogens is 164 g/mol. The maximum absolute atomic E-state index is 10.5. The van der Waals surface area contributed by atoms with Crippen molar-refractivity contribution >= 4 is 0 Å². The molecule has 1 N–H and O–H groups in total. The summed E-state index contributed by atoms with van der Waals surface area (Å²) < 4.78 is 5.38. The number of hydrogen-bond donors (Lipinski definition) is 1. The Kier molecular flexibility index (Phi) is 3.74. The summed E-state index contributed by atoms with van der Waals surface area (Å²) in [6, 6.07) is 0. The molecule has 0 saturated heterocycles. The fourth-order valence-electron chi connectivity index (χ4n) is 2.39. The van der Waals surface area contributed by atoms with Gasteiger partial charge in [0.1, 0.15) is 0 Å². The molecule has 0 aromatic rings. The molecule has 0 bridgehead atoms. The Morgan fingerprint density at radius 1 is 1.54 bits per heavy atom. The van der Waals surface area contributed by atoms with Gasteiger partial charge in [-0.25, -0.2) is 0 Å². The molecule has 0 spiro atoms. The first-order chi connectivity index (χ1) is 6.15.